The molecule has 26 heavy (non-hydrogen) atoms. The zero-order chi connectivity index (χ0) is 19.1. The molecule has 1 aliphatic heterocycles. The molecule has 0 atom stereocenters. The van der Waals surface area contributed by atoms with Crippen molar-refractivity contribution in [2.24, 2.45) is 7.05 Å². The Morgan fingerprint density at radius 2 is 2.12 bits per heavy atom. The molecule has 10 heteroatoms. The minimum atomic E-state index is -3.33. The highest BCUT2D eigenvalue weighted by molar-refractivity contribution is 7.89. The number of carbonyl (C=O) groups is 1. The van der Waals surface area contributed by atoms with Gasteiger partial charge in [-0.25, -0.2) is 13.4 Å². The van der Waals surface area contributed by atoms with Gasteiger partial charge in [0.25, 0.3) is 11.5 Å². The van der Waals surface area contributed by atoms with Gasteiger partial charge in [0, 0.05) is 37.6 Å². The van der Waals surface area contributed by atoms with E-state index in [1.807, 2.05) is 0 Å². The Bertz CT molecular complexity index is 1010. The van der Waals surface area contributed by atoms with Gasteiger partial charge in [0.1, 0.15) is 5.56 Å². The first-order chi connectivity index (χ1) is 12.2. The van der Waals surface area contributed by atoms with Crippen molar-refractivity contribution in [3.8, 4) is 0 Å². The van der Waals surface area contributed by atoms with Gasteiger partial charge in [-0.05, 0) is 26.0 Å². The molecule has 0 radical (unpaired) electrons. The molecule has 3 heterocycles. The lowest BCUT2D eigenvalue weighted by Crippen LogP contribution is -2.39. The number of rotatable bonds is 4. The summed E-state index contributed by atoms with van der Waals surface area (Å²) in [6.07, 6.45) is 2.08. The maximum atomic E-state index is 12.3. The Labute approximate surface area is 155 Å². The SMILES string of the molecule is CC(C)S(=O)(=O)N1CCc2nc(NC(=O)c3cccn(C)c3=O)sc2C1. The van der Waals surface area contributed by atoms with E-state index in [9.17, 15) is 18.0 Å². The summed E-state index contributed by atoms with van der Waals surface area (Å²) >= 11 is 1.24. The lowest BCUT2D eigenvalue weighted by molar-refractivity contribution is 0.102. The van der Waals surface area contributed by atoms with Gasteiger partial charge in [-0.15, -0.1) is 11.3 Å². The Kier molecular flexibility index (Phi) is 5.00. The zero-order valence-electron chi connectivity index (χ0n) is 14.7. The number of sulfonamides is 1. The van der Waals surface area contributed by atoms with Crippen LogP contribution in [0.5, 0.6) is 0 Å². The highest BCUT2D eigenvalue weighted by Crippen LogP contribution is 2.30. The third-order valence-corrected chi connectivity index (χ3v) is 7.46. The maximum absolute atomic E-state index is 12.3. The Hall–Kier alpha value is -2.04. The van der Waals surface area contributed by atoms with Gasteiger partial charge >= 0.3 is 0 Å². The number of aryl methyl sites for hydroxylation is 1. The van der Waals surface area contributed by atoms with E-state index in [1.165, 1.54) is 26.3 Å². The zero-order valence-corrected chi connectivity index (χ0v) is 16.4. The van der Waals surface area contributed by atoms with Crippen molar-refractivity contribution in [1.29, 1.82) is 0 Å². The third-order valence-electron chi connectivity index (χ3n) is 4.24. The quantitative estimate of drug-likeness (QED) is 0.837. The summed E-state index contributed by atoms with van der Waals surface area (Å²) < 4.78 is 27.5. The average molecular weight is 396 g/mol. The largest absolute Gasteiger partial charge is 0.318 e. The number of fused-ring (bicyclic) bond motifs is 1. The van der Waals surface area contributed by atoms with Crippen molar-refractivity contribution >= 4 is 32.4 Å². The van der Waals surface area contributed by atoms with E-state index in [4.69, 9.17) is 0 Å². The van der Waals surface area contributed by atoms with Crippen molar-refractivity contribution in [3.63, 3.8) is 0 Å². The van der Waals surface area contributed by atoms with E-state index in [2.05, 4.69) is 10.3 Å². The molecule has 2 aromatic rings. The fraction of sp³-hybridized carbons (Fsp3) is 0.438. The first kappa shape index (κ1) is 18.7. The van der Waals surface area contributed by atoms with E-state index in [0.717, 1.165) is 10.6 Å². The number of hydrogen-bond donors (Lipinski definition) is 1. The predicted molar refractivity (Wildman–Crippen MR) is 99.9 cm³/mol. The molecule has 1 N–H and O–H groups in total. The number of amides is 1. The molecule has 0 saturated heterocycles. The van der Waals surface area contributed by atoms with Crippen LogP contribution >= 0.6 is 11.3 Å². The van der Waals surface area contributed by atoms with Crippen LogP contribution in [0, 0.1) is 0 Å². The summed E-state index contributed by atoms with van der Waals surface area (Å²) in [7, 11) is -1.75. The Morgan fingerprint density at radius 3 is 2.81 bits per heavy atom. The molecule has 140 valence electrons. The number of hydrogen-bond acceptors (Lipinski definition) is 6. The smallest absolute Gasteiger partial charge is 0.263 e. The highest BCUT2D eigenvalue weighted by atomic mass is 32.2. The number of nitrogens with zero attached hydrogens (tertiary/aromatic N) is 3. The summed E-state index contributed by atoms with van der Waals surface area (Å²) in [6, 6.07) is 3.08. The number of nitrogens with one attached hydrogen (secondary N) is 1. The number of thiazole rings is 1. The second-order valence-corrected chi connectivity index (χ2v) is 9.93. The summed E-state index contributed by atoms with van der Waals surface area (Å²) in [4.78, 5) is 29.6. The highest BCUT2D eigenvalue weighted by Gasteiger charge is 2.31. The van der Waals surface area contributed by atoms with Gasteiger partial charge in [-0.3, -0.25) is 14.9 Å². The van der Waals surface area contributed by atoms with Crippen LogP contribution in [-0.2, 0) is 30.0 Å². The Balaban J connectivity index is 1.79. The van der Waals surface area contributed by atoms with Gasteiger partial charge in [-0.2, -0.15) is 4.31 Å². The molecule has 8 nitrogen and oxygen atoms in total. The van der Waals surface area contributed by atoms with E-state index < -0.39 is 21.2 Å². The number of pyridine rings is 1. The number of anilines is 1. The van der Waals surface area contributed by atoms with Crippen molar-refractivity contribution in [1.82, 2.24) is 13.9 Å². The molecule has 2 aromatic heterocycles. The van der Waals surface area contributed by atoms with Crippen LogP contribution in [0.4, 0.5) is 5.13 Å². The summed E-state index contributed by atoms with van der Waals surface area (Å²) in [5.41, 5.74) is 0.439. The summed E-state index contributed by atoms with van der Waals surface area (Å²) in [5, 5.41) is 2.54. The number of carbonyl (C=O) groups excluding carboxylic acids is 1. The molecule has 3 rings (SSSR count). The molecule has 1 aliphatic rings. The molecule has 0 fully saturated rings. The van der Waals surface area contributed by atoms with Crippen LogP contribution in [0.2, 0.25) is 0 Å². The average Bonchev–Trinajstić information content (AvgIpc) is 2.98. The van der Waals surface area contributed by atoms with Gasteiger partial charge in [0.05, 0.1) is 10.9 Å². The van der Waals surface area contributed by atoms with E-state index in [1.54, 1.807) is 33.2 Å². The normalized spacial score (nSPS) is 15.1. The molecular formula is C16H20N4O4S2. The summed E-state index contributed by atoms with van der Waals surface area (Å²) in [5.74, 6) is -0.524. The van der Waals surface area contributed by atoms with Crippen molar-refractivity contribution < 1.29 is 13.2 Å². The van der Waals surface area contributed by atoms with Crippen molar-refractivity contribution in [2.45, 2.75) is 32.1 Å². The second kappa shape index (κ2) is 6.93. The van der Waals surface area contributed by atoms with E-state index in [-0.39, 0.29) is 17.7 Å². The molecule has 0 unspecified atom stereocenters. The lowest BCUT2D eigenvalue weighted by Gasteiger charge is -2.26. The van der Waals surface area contributed by atoms with Gasteiger partial charge in [0.15, 0.2) is 5.13 Å². The van der Waals surface area contributed by atoms with Crippen LogP contribution in [-0.4, -0.2) is 40.0 Å². The monoisotopic (exact) mass is 396 g/mol. The van der Waals surface area contributed by atoms with Gasteiger partial charge in [0.2, 0.25) is 10.0 Å². The van der Waals surface area contributed by atoms with E-state index >= 15 is 0 Å². The topological polar surface area (TPSA) is 101 Å². The second-order valence-electron chi connectivity index (χ2n) is 6.36. The molecule has 0 aliphatic carbocycles. The molecule has 0 aromatic carbocycles. The first-order valence-electron chi connectivity index (χ1n) is 8.14. The standard InChI is InChI=1S/C16H20N4O4S2/c1-10(2)26(23,24)20-8-6-12-13(9-20)25-16(17-12)18-14(21)11-5-4-7-19(3)15(11)22/h4-5,7,10H,6,8-9H2,1-3H3,(H,17,18,21). The van der Waals surface area contributed by atoms with E-state index in [0.29, 0.717) is 18.1 Å². The molecule has 0 saturated carbocycles. The van der Waals surface area contributed by atoms with Crippen LogP contribution in [0.15, 0.2) is 23.1 Å². The summed E-state index contributed by atoms with van der Waals surface area (Å²) in [6.45, 7) is 3.95. The molecule has 0 spiro atoms. The van der Waals surface area contributed by atoms with Crippen LogP contribution in [0.1, 0.15) is 34.8 Å². The maximum Gasteiger partial charge on any atom is 0.263 e. The first-order valence-corrected chi connectivity index (χ1v) is 10.5. The van der Waals surface area contributed by atoms with Crippen molar-refractivity contribution in [2.75, 3.05) is 11.9 Å². The minimum Gasteiger partial charge on any atom is -0.318 e. The van der Waals surface area contributed by atoms with Crippen LogP contribution in [0.25, 0.3) is 0 Å². The lowest BCUT2D eigenvalue weighted by atomic mass is 10.2. The van der Waals surface area contributed by atoms with Crippen LogP contribution in [0.3, 0.4) is 0 Å². The van der Waals surface area contributed by atoms with Crippen LogP contribution < -0.4 is 10.9 Å². The van der Waals surface area contributed by atoms with Gasteiger partial charge < -0.3 is 4.57 Å². The fourth-order valence-electron chi connectivity index (χ4n) is 2.68. The van der Waals surface area contributed by atoms with Crippen molar-refractivity contribution in [3.05, 3.63) is 44.8 Å². The molecule has 1 amide bonds. The number of aromatic nitrogens is 2. The third kappa shape index (κ3) is 3.44. The molecule has 0 bridgehead atoms. The van der Waals surface area contributed by atoms with Gasteiger partial charge in [-0.1, -0.05) is 0 Å². The minimum absolute atomic E-state index is 0.0344. The Morgan fingerprint density at radius 1 is 1.38 bits per heavy atom. The molecular weight excluding hydrogens is 376 g/mol. The predicted octanol–water partition coefficient (Wildman–Crippen LogP) is 1.19. The fourth-order valence-corrected chi connectivity index (χ4v) is 5.03.